The fraction of sp³-hybridized carbons (Fsp3) is 0.333. The third kappa shape index (κ3) is 2.18. The van der Waals surface area contributed by atoms with Crippen molar-refractivity contribution in [2.45, 2.75) is 12.8 Å². The number of nitrogens with zero attached hydrogens (tertiary/aromatic N) is 1. The van der Waals surface area contributed by atoms with Crippen LogP contribution in [0.2, 0.25) is 0 Å². The van der Waals surface area contributed by atoms with Gasteiger partial charge in [-0.25, -0.2) is 0 Å². The van der Waals surface area contributed by atoms with Gasteiger partial charge in [-0.15, -0.1) is 11.6 Å². The largest absolute Gasteiger partial charge is 0.272 e. The van der Waals surface area contributed by atoms with E-state index in [2.05, 4.69) is 0 Å². The molecule has 4 heteroatoms. The van der Waals surface area contributed by atoms with Crippen molar-refractivity contribution in [3.05, 3.63) is 39.9 Å². The molecule has 13 heavy (non-hydrogen) atoms. The quantitative estimate of drug-likeness (QED) is 0.427. The van der Waals surface area contributed by atoms with Crippen LogP contribution in [0.4, 0.5) is 5.69 Å². The summed E-state index contributed by atoms with van der Waals surface area (Å²) in [4.78, 5) is 10.2. The summed E-state index contributed by atoms with van der Waals surface area (Å²) in [5.74, 6) is 0.411. The molecule has 0 saturated heterocycles. The van der Waals surface area contributed by atoms with Gasteiger partial charge in [0.2, 0.25) is 0 Å². The average molecular weight is 200 g/mol. The Morgan fingerprint density at radius 1 is 1.54 bits per heavy atom. The second-order valence-electron chi connectivity index (χ2n) is 2.87. The van der Waals surface area contributed by atoms with E-state index in [9.17, 15) is 10.1 Å². The SMILES string of the molecule is CC(CCl)c1ccccc1[N+](=O)[O-]. The first kappa shape index (κ1) is 9.99. The topological polar surface area (TPSA) is 43.1 Å². The van der Waals surface area contributed by atoms with E-state index >= 15 is 0 Å². The highest BCUT2D eigenvalue weighted by molar-refractivity contribution is 6.18. The second kappa shape index (κ2) is 4.23. The van der Waals surface area contributed by atoms with Gasteiger partial charge in [-0.2, -0.15) is 0 Å². The number of alkyl halides is 1. The fourth-order valence-corrected chi connectivity index (χ4v) is 1.32. The molecule has 0 radical (unpaired) electrons. The number of nitro groups is 1. The molecule has 3 nitrogen and oxygen atoms in total. The molecule has 0 amide bonds. The molecule has 0 aliphatic rings. The van der Waals surface area contributed by atoms with E-state index in [1.807, 2.05) is 6.92 Å². The number of halogens is 1. The number of rotatable bonds is 3. The average Bonchev–Trinajstić information content (AvgIpc) is 2.16. The summed E-state index contributed by atoms with van der Waals surface area (Å²) in [7, 11) is 0. The Morgan fingerprint density at radius 3 is 2.69 bits per heavy atom. The third-order valence-corrected chi connectivity index (χ3v) is 2.36. The molecule has 1 aromatic carbocycles. The van der Waals surface area contributed by atoms with Crippen molar-refractivity contribution in [3.8, 4) is 0 Å². The van der Waals surface area contributed by atoms with Crippen LogP contribution in [-0.4, -0.2) is 10.8 Å². The Labute approximate surface area is 81.5 Å². The molecule has 0 aliphatic heterocycles. The second-order valence-corrected chi connectivity index (χ2v) is 3.18. The van der Waals surface area contributed by atoms with Crippen molar-refractivity contribution >= 4 is 17.3 Å². The predicted molar refractivity (Wildman–Crippen MR) is 52.2 cm³/mol. The van der Waals surface area contributed by atoms with Gasteiger partial charge in [0.25, 0.3) is 5.69 Å². The molecular weight excluding hydrogens is 190 g/mol. The van der Waals surface area contributed by atoms with Gasteiger partial charge in [0, 0.05) is 23.4 Å². The van der Waals surface area contributed by atoms with Crippen LogP contribution in [0.1, 0.15) is 18.4 Å². The van der Waals surface area contributed by atoms with Crippen molar-refractivity contribution in [1.82, 2.24) is 0 Å². The van der Waals surface area contributed by atoms with Crippen LogP contribution in [0, 0.1) is 10.1 Å². The van der Waals surface area contributed by atoms with Gasteiger partial charge in [-0.3, -0.25) is 10.1 Å². The molecule has 1 atom stereocenters. The van der Waals surface area contributed by atoms with Crippen LogP contribution in [0.3, 0.4) is 0 Å². The molecule has 70 valence electrons. The molecule has 1 unspecified atom stereocenters. The zero-order valence-electron chi connectivity index (χ0n) is 7.24. The lowest BCUT2D eigenvalue weighted by Crippen LogP contribution is -2.00. The van der Waals surface area contributed by atoms with Gasteiger partial charge in [0.05, 0.1) is 4.92 Å². The van der Waals surface area contributed by atoms with Gasteiger partial charge >= 0.3 is 0 Å². The summed E-state index contributed by atoms with van der Waals surface area (Å²) < 4.78 is 0. The number of nitro benzene ring substituents is 1. The molecule has 0 spiro atoms. The summed E-state index contributed by atoms with van der Waals surface area (Å²) in [6.07, 6.45) is 0. The smallest absolute Gasteiger partial charge is 0.258 e. The van der Waals surface area contributed by atoms with E-state index in [1.54, 1.807) is 18.2 Å². The molecule has 0 N–H and O–H groups in total. The van der Waals surface area contributed by atoms with Gasteiger partial charge < -0.3 is 0 Å². The van der Waals surface area contributed by atoms with Crippen molar-refractivity contribution in [1.29, 1.82) is 0 Å². The Hall–Kier alpha value is -1.09. The van der Waals surface area contributed by atoms with Gasteiger partial charge in [0.1, 0.15) is 0 Å². The number of hydrogen-bond acceptors (Lipinski definition) is 2. The first-order chi connectivity index (χ1) is 6.16. The first-order valence-electron chi connectivity index (χ1n) is 3.96. The molecular formula is C9H10ClNO2. The normalized spacial score (nSPS) is 12.5. The molecule has 0 heterocycles. The summed E-state index contributed by atoms with van der Waals surface area (Å²) in [6.45, 7) is 1.87. The lowest BCUT2D eigenvalue weighted by atomic mass is 10.0. The number of benzene rings is 1. The highest BCUT2D eigenvalue weighted by atomic mass is 35.5. The van der Waals surface area contributed by atoms with Crippen LogP contribution in [0.15, 0.2) is 24.3 Å². The minimum absolute atomic E-state index is 0.0169. The molecule has 0 saturated carbocycles. The summed E-state index contributed by atoms with van der Waals surface area (Å²) in [5, 5.41) is 10.6. The van der Waals surface area contributed by atoms with Crippen molar-refractivity contribution in [3.63, 3.8) is 0 Å². The Kier molecular flexibility index (Phi) is 3.25. The lowest BCUT2D eigenvalue weighted by Gasteiger charge is -2.07. The third-order valence-electron chi connectivity index (χ3n) is 1.90. The van der Waals surface area contributed by atoms with Crippen LogP contribution in [-0.2, 0) is 0 Å². The first-order valence-corrected chi connectivity index (χ1v) is 4.49. The van der Waals surface area contributed by atoms with E-state index in [4.69, 9.17) is 11.6 Å². The zero-order valence-corrected chi connectivity index (χ0v) is 7.99. The van der Waals surface area contributed by atoms with E-state index in [1.165, 1.54) is 6.07 Å². The molecule has 0 aliphatic carbocycles. The van der Waals surface area contributed by atoms with E-state index in [0.29, 0.717) is 11.4 Å². The summed E-state index contributed by atoms with van der Waals surface area (Å²) in [5.41, 5.74) is 0.846. The highest BCUT2D eigenvalue weighted by Gasteiger charge is 2.16. The Bertz CT molecular complexity index is 314. The maximum atomic E-state index is 10.6. The zero-order chi connectivity index (χ0) is 9.84. The van der Waals surface area contributed by atoms with E-state index in [0.717, 1.165) is 0 Å². The van der Waals surface area contributed by atoms with Crippen LogP contribution >= 0.6 is 11.6 Å². The minimum Gasteiger partial charge on any atom is -0.258 e. The predicted octanol–water partition coefficient (Wildman–Crippen LogP) is 2.94. The van der Waals surface area contributed by atoms with E-state index < -0.39 is 0 Å². The highest BCUT2D eigenvalue weighted by Crippen LogP contribution is 2.26. The lowest BCUT2D eigenvalue weighted by molar-refractivity contribution is -0.385. The Balaban J connectivity index is 3.11. The maximum Gasteiger partial charge on any atom is 0.272 e. The molecule has 0 aromatic heterocycles. The van der Waals surface area contributed by atoms with Crippen molar-refractivity contribution < 1.29 is 4.92 Å². The van der Waals surface area contributed by atoms with Crippen LogP contribution in [0.5, 0.6) is 0 Å². The number of hydrogen-bond donors (Lipinski definition) is 0. The summed E-state index contributed by atoms with van der Waals surface area (Å²) >= 11 is 5.64. The standard InChI is InChI=1S/C9H10ClNO2/c1-7(6-10)8-4-2-3-5-9(8)11(12)13/h2-5,7H,6H2,1H3. The van der Waals surface area contributed by atoms with Crippen molar-refractivity contribution in [2.75, 3.05) is 5.88 Å². The molecule has 1 rings (SSSR count). The molecule has 0 bridgehead atoms. The minimum atomic E-state index is -0.377. The number of para-hydroxylation sites is 1. The van der Waals surface area contributed by atoms with Gasteiger partial charge in [-0.05, 0) is 0 Å². The summed E-state index contributed by atoms with van der Waals surface area (Å²) in [6, 6.07) is 6.68. The molecule has 0 fully saturated rings. The van der Waals surface area contributed by atoms with Gasteiger partial charge in [-0.1, -0.05) is 25.1 Å². The van der Waals surface area contributed by atoms with Crippen LogP contribution in [0.25, 0.3) is 0 Å². The Morgan fingerprint density at radius 2 is 2.15 bits per heavy atom. The van der Waals surface area contributed by atoms with Crippen LogP contribution < -0.4 is 0 Å². The van der Waals surface area contributed by atoms with Crippen molar-refractivity contribution in [2.24, 2.45) is 0 Å². The fourth-order valence-electron chi connectivity index (χ4n) is 1.15. The van der Waals surface area contributed by atoms with E-state index in [-0.39, 0.29) is 16.5 Å². The molecule has 1 aromatic rings. The monoisotopic (exact) mass is 199 g/mol. The maximum absolute atomic E-state index is 10.6. The van der Waals surface area contributed by atoms with Gasteiger partial charge in [0.15, 0.2) is 0 Å².